The van der Waals surface area contributed by atoms with Crippen LogP contribution in [-0.2, 0) is 53.6 Å². The lowest BCUT2D eigenvalue weighted by molar-refractivity contribution is -0.438. The van der Waals surface area contributed by atoms with E-state index >= 15 is 0 Å². The molecule has 7 N–H and O–H groups in total. The average Bonchev–Trinajstić information content (AvgIpc) is 2.67. The van der Waals surface area contributed by atoms with Crippen LogP contribution in [0.3, 0.4) is 0 Å². The number of nitrogens with one attached hydrogen (secondary N) is 3. The number of para-hydroxylation sites is 2. The highest BCUT2D eigenvalue weighted by Gasteiger charge is 2.44. The maximum absolute atomic E-state index is 13.4. The number of nitrogen functional groups attached to an aromatic ring is 1. The molecule has 0 saturated heterocycles. The van der Waals surface area contributed by atoms with Gasteiger partial charge in [0.15, 0.2) is 28.4 Å². The van der Waals surface area contributed by atoms with Crippen molar-refractivity contribution in [1.29, 1.82) is 0 Å². The molecule has 9 rings (SSSR count). The number of hydrogen-bond acceptors (Lipinski definition) is 16. The Labute approximate surface area is 474 Å². The number of aliphatic carboxylic acids is 1. The number of carboxylic acids is 1. The summed E-state index contributed by atoms with van der Waals surface area (Å²) in [5, 5.41) is 16.1. The fraction of sp³-hybridized carbons (Fsp3) is 0.305. The molecule has 4 aromatic carbocycles. The van der Waals surface area contributed by atoms with Gasteiger partial charge in [0.1, 0.15) is 24.9 Å². The zero-order chi connectivity index (χ0) is 58.6. The summed E-state index contributed by atoms with van der Waals surface area (Å²) in [5.41, 5.74) is 12.9. The molecule has 21 nitrogen and oxygen atoms in total. The number of allylic oxidation sites excluding steroid dienone is 4. The number of amides is 1. The first-order valence-electron chi connectivity index (χ1n) is 26.6. The Kier molecular flexibility index (Phi) is 17.0. The fourth-order valence-electron chi connectivity index (χ4n) is 10.5. The number of unbranched alkanes of at least 4 members (excludes halogenated alkanes) is 2. The maximum atomic E-state index is 13.4. The van der Waals surface area contributed by atoms with Crippen molar-refractivity contribution in [2.75, 3.05) is 47.2 Å². The third-order valence-electron chi connectivity index (χ3n) is 14.7. The van der Waals surface area contributed by atoms with Gasteiger partial charge in [0.2, 0.25) is 11.6 Å². The summed E-state index contributed by atoms with van der Waals surface area (Å²) in [4.78, 5) is 55.3. The first kappa shape index (κ1) is 58.2. The van der Waals surface area contributed by atoms with Gasteiger partial charge in [0.05, 0.1) is 39.7 Å². The van der Waals surface area contributed by atoms with Gasteiger partial charge in [-0.3, -0.25) is 19.1 Å². The van der Waals surface area contributed by atoms with E-state index in [1.54, 1.807) is 48.5 Å². The molecule has 5 heterocycles. The molecule has 0 saturated carbocycles. The molecular weight excluding hydrogens is 1090 g/mol. The summed E-state index contributed by atoms with van der Waals surface area (Å²) in [5.74, 6) is -1.47. The van der Waals surface area contributed by atoms with Crippen LogP contribution in [0.25, 0.3) is 11.2 Å². The highest BCUT2D eigenvalue weighted by molar-refractivity contribution is 7.85. The zero-order valence-electron chi connectivity index (χ0n) is 45.6. The van der Waals surface area contributed by atoms with Gasteiger partial charge in [0.25, 0.3) is 21.6 Å². The summed E-state index contributed by atoms with van der Waals surface area (Å²) >= 11 is 0. The quantitative estimate of drug-likeness (QED) is 0.0210. The number of ether oxygens (including phenoxy) is 2. The lowest BCUT2D eigenvalue weighted by Gasteiger charge is -2.27. The topological polar surface area (TPSA) is 312 Å². The minimum atomic E-state index is -4.38. The predicted molar refractivity (Wildman–Crippen MR) is 310 cm³/mol. The Hall–Kier alpha value is -8.51. The molecule has 0 aliphatic carbocycles. The second-order valence-corrected chi connectivity index (χ2v) is 24.3. The van der Waals surface area contributed by atoms with Gasteiger partial charge in [-0.2, -0.15) is 18.0 Å². The SMILES string of the molecule is CC1(C)C(/C=C/C2=C(Oc3ccc(C[C@H](NC(=O)c4ccc(NCc5cnc6nc(N)[nH]c(=O)c6n5)cc4)C(=O)O)cc3)C(=C/C=C3/N(CCCCS(=O)(=O)[O-])c4ccccc4C3(C)C)/OC2)=[N+](CCCCS(=O)(=O)O)c2ccccc21. The van der Waals surface area contributed by atoms with Crippen LogP contribution in [0.1, 0.15) is 86.1 Å². The highest BCUT2D eigenvalue weighted by atomic mass is 32.2. The molecule has 0 unspecified atom stereocenters. The number of carboxylic acid groups (broad SMARTS) is 1. The normalized spacial score (nSPS) is 16.9. The molecule has 0 bridgehead atoms. The lowest BCUT2D eigenvalue weighted by atomic mass is 9.81. The summed E-state index contributed by atoms with van der Waals surface area (Å²) in [6.45, 7) is 9.73. The zero-order valence-corrected chi connectivity index (χ0v) is 47.2. The minimum absolute atomic E-state index is 0.0395. The van der Waals surface area contributed by atoms with E-state index in [1.165, 1.54) is 6.20 Å². The van der Waals surface area contributed by atoms with Crippen molar-refractivity contribution in [2.24, 2.45) is 0 Å². The Morgan fingerprint density at radius 2 is 1.60 bits per heavy atom. The number of rotatable bonds is 23. The van der Waals surface area contributed by atoms with Crippen molar-refractivity contribution in [2.45, 2.75) is 83.2 Å². The van der Waals surface area contributed by atoms with Crippen LogP contribution in [0, 0.1) is 0 Å². The van der Waals surface area contributed by atoms with Gasteiger partial charge < -0.3 is 40.4 Å². The van der Waals surface area contributed by atoms with Crippen molar-refractivity contribution in [3.63, 3.8) is 0 Å². The van der Waals surface area contributed by atoms with E-state index in [0.717, 1.165) is 33.9 Å². The predicted octanol–water partition coefficient (Wildman–Crippen LogP) is 7.19. The Balaban J connectivity index is 0.959. The average molecular weight is 1150 g/mol. The third kappa shape index (κ3) is 13.5. The lowest BCUT2D eigenvalue weighted by Crippen LogP contribution is -2.42. The number of fused-ring (bicyclic) bond motifs is 3. The van der Waals surface area contributed by atoms with E-state index in [4.69, 9.17) is 15.2 Å². The van der Waals surface area contributed by atoms with Crippen LogP contribution in [-0.4, -0.2) is 110 Å². The fourth-order valence-corrected chi connectivity index (χ4v) is 11.6. The number of benzene rings is 4. The molecule has 6 aromatic rings. The van der Waals surface area contributed by atoms with E-state index in [1.807, 2.05) is 60.7 Å². The number of anilines is 3. The van der Waals surface area contributed by atoms with Gasteiger partial charge >= 0.3 is 5.97 Å². The van der Waals surface area contributed by atoms with E-state index in [9.17, 15) is 45.4 Å². The first-order valence-corrected chi connectivity index (χ1v) is 29.8. The number of hydrogen-bond donors (Lipinski definition) is 6. The van der Waals surface area contributed by atoms with E-state index < -0.39 is 60.3 Å². The minimum Gasteiger partial charge on any atom is -0.748 e. The van der Waals surface area contributed by atoms with Gasteiger partial charge in [-0.1, -0.05) is 62.4 Å². The standard InChI is InChI=1S/C59H63N9O12S2/c1-58(2)43-13-5-7-15-46(43)67(29-9-11-31-81(73,74)75)49(58)27-21-39-36-79-48(26-28-50-59(3,4)44-14-6-8-16-47(44)68(50)30-10-12-32-82(76,77)78)52(39)80-42-24-17-37(18-25-42)33-45(56(71)72)64-54(69)38-19-22-40(23-20-38)61-34-41-35-62-53-51(63-41)55(70)66-57(60)65-53/h5-8,13-28,35,45H,9-12,29-34,36H2,1-4H3,(H7-,60,61,62,64,65,66,69,70,71,72,73,74,75,76,77,78)/t45-/m0/s1. The first-order chi connectivity index (χ1) is 38.9. The molecule has 428 valence electrons. The number of nitrogens with zero attached hydrogens (tertiary/aromatic N) is 5. The summed E-state index contributed by atoms with van der Waals surface area (Å²) < 4.78 is 82.4. The Morgan fingerprint density at radius 3 is 2.32 bits per heavy atom. The molecule has 0 radical (unpaired) electrons. The Bertz CT molecular complexity index is 3910. The number of H-pyrrole nitrogens is 1. The third-order valence-corrected chi connectivity index (χ3v) is 16.3. The van der Waals surface area contributed by atoms with Crippen LogP contribution in [0.15, 0.2) is 155 Å². The smallest absolute Gasteiger partial charge is 0.326 e. The number of aromatic amines is 1. The van der Waals surface area contributed by atoms with Gasteiger partial charge in [-0.05, 0) is 105 Å². The van der Waals surface area contributed by atoms with Gasteiger partial charge in [-0.25, -0.2) is 23.2 Å². The molecule has 1 amide bonds. The molecular formula is C59H63N9O12S2. The van der Waals surface area contributed by atoms with Crippen molar-refractivity contribution >= 4 is 72.0 Å². The van der Waals surface area contributed by atoms with Crippen LogP contribution in [0.2, 0.25) is 0 Å². The van der Waals surface area contributed by atoms with Crippen molar-refractivity contribution in [3.8, 4) is 5.75 Å². The van der Waals surface area contributed by atoms with E-state index in [0.29, 0.717) is 65.7 Å². The van der Waals surface area contributed by atoms with Gasteiger partial charge in [0, 0.05) is 76.5 Å². The number of aromatic nitrogens is 4. The van der Waals surface area contributed by atoms with Crippen LogP contribution < -0.4 is 31.6 Å². The molecule has 3 aliphatic heterocycles. The molecule has 2 aromatic heterocycles. The Morgan fingerprint density at radius 1 is 0.890 bits per heavy atom. The molecule has 0 fully saturated rings. The van der Waals surface area contributed by atoms with Crippen LogP contribution in [0.4, 0.5) is 23.0 Å². The van der Waals surface area contributed by atoms with Gasteiger partial charge in [-0.15, -0.1) is 0 Å². The van der Waals surface area contributed by atoms with E-state index in [-0.39, 0.29) is 60.8 Å². The van der Waals surface area contributed by atoms with Crippen molar-refractivity contribution in [1.82, 2.24) is 25.3 Å². The monoisotopic (exact) mass is 1150 g/mol. The number of nitrogens with two attached hydrogens (primary N) is 1. The molecule has 23 heteroatoms. The second-order valence-electron chi connectivity index (χ2n) is 21.2. The van der Waals surface area contributed by atoms with E-state index in [2.05, 4.69) is 79.9 Å². The molecule has 0 spiro atoms. The molecule has 3 aliphatic rings. The van der Waals surface area contributed by atoms with Crippen molar-refractivity contribution in [3.05, 3.63) is 189 Å². The number of carbonyl (C=O) groups is 2. The molecule has 1 atom stereocenters. The molecule has 82 heavy (non-hydrogen) atoms. The summed E-state index contributed by atoms with van der Waals surface area (Å²) in [7, 11) is -8.50. The number of carbonyl (C=O) groups excluding carboxylic acids is 1. The maximum Gasteiger partial charge on any atom is 0.326 e. The summed E-state index contributed by atoms with van der Waals surface area (Å²) in [6, 6.07) is 28.0. The van der Waals surface area contributed by atoms with Crippen molar-refractivity contribution < 1.29 is 54.7 Å². The van der Waals surface area contributed by atoms with Crippen LogP contribution >= 0.6 is 0 Å². The highest BCUT2D eigenvalue weighted by Crippen LogP contribution is 2.48. The van der Waals surface area contributed by atoms with Crippen LogP contribution in [0.5, 0.6) is 5.75 Å². The second kappa shape index (κ2) is 23.9. The summed E-state index contributed by atoms with van der Waals surface area (Å²) in [6.07, 6.45) is 10.6. The largest absolute Gasteiger partial charge is 0.748 e.